The number of ether oxygens (including phenoxy) is 1. The van der Waals surface area contributed by atoms with Crippen molar-refractivity contribution in [1.82, 2.24) is 0 Å². The smallest absolute Gasteiger partial charge is 0.314 e. The summed E-state index contributed by atoms with van der Waals surface area (Å²) in [5.74, 6) is 0.00200. The van der Waals surface area contributed by atoms with Crippen molar-refractivity contribution in [3.05, 3.63) is 34.1 Å². The Bertz CT molecular complexity index is 443. The summed E-state index contributed by atoms with van der Waals surface area (Å²) in [6.45, 7) is 0.304. The number of hydrogen-bond donors (Lipinski definition) is 1. The van der Waals surface area contributed by atoms with Gasteiger partial charge in [0.25, 0.3) is 0 Å². The van der Waals surface area contributed by atoms with Gasteiger partial charge in [-0.15, -0.1) is 0 Å². The number of unbranched alkanes of at least 4 members (excludes halogenated alkanes) is 6. The number of nitro groups is 1. The van der Waals surface area contributed by atoms with Gasteiger partial charge in [-0.1, -0.05) is 38.2 Å². The molecule has 1 aromatic carbocycles. The molecule has 1 aromatic rings. The van der Waals surface area contributed by atoms with Gasteiger partial charge in [0.2, 0.25) is 5.75 Å². The lowest BCUT2D eigenvalue weighted by Crippen LogP contribution is -2.02. The molecule has 0 saturated heterocycles. The number of benzene rings is 1. The number of nitro benzene ring substituents is 1. The maximum atomic E-state index is 13.5. The molecule has 0 spiro atoms. The maximum absolute atomic E-state index is 13.5. The summed E-state index contributed by atoms with van der Waals surface area (Å²) in [6.07, 6.45) is 7.62. The average Bonchev–Trinajstić information content (AvgIpc) is 2.46. The first-order chi connectivity index (χ1) is 10.2. The molecular formula is C15H22FNO3S. The lowest BCUT2D eigenvalue weighted by atomic mass is 10.1. The average molecular weight is 315 g/mol. The van der Waals surface area contributed by atoms with Crippen molar-refractivity contribution in [2.24, 2.45) is 0 Å². The lowest BCUT2D eigenvalue weighted by Gasteiger charge is -2.07. The summed E-state index contributed by atoms with van der Waals surface area (Å²) < 4.78 is 18.8. The molecule has 0 aliphatic heterocycles. The Hall–Kier alpha value is -1.30. The highest BCUT2D eigenvalue weighted by Gasteiger charge is 2.18. The molecule has 6 heteroatoms. The topological polar surface area (TPSA) is 52.4 Å². The standard InChI is InChI=1S/C15H22FNO3S/c16-13-9-8-10-14(17(18)19)15(13)20-11-6-4-2-1-3-5-7-12-21/h8-10,21H,1-7,11-12H2. The van der Waals surface area contributed by atoms with E-state index in [1.54, 1.807) is 0 Å². The zero-order chi connectivity index (χ0) is 15.5. The van der Waals surface area contributed by atoms with Crippen LogP contribution in [0.15, 0.2) is 18.2 Å². The minimum absolute atomic E-state index is 0.253. The molecule has 4 nitrogen and oxygen atoms in total. The van der Waals surface area contributed by atoms with Gasteiger partial charge in [-0.3, -0.25) is 10.1 Å². The summed E-state index contributed by atoms with van der Waals surface area (Å²) in [6, 6.07) is 3.73. The number of thiol groups is 1. The molecule has 0 bridgehead atoms. The molecular weight excluding hydrogens is 293 g/mol. The Labute approximate surface area is 130 Å². The molecule has 0 N–H and O–H groups in total. The summed E-state index contributed by atoms with van der Waals surface area (Å²) in [5, 5.41) is 10.8. The first-order valence-corrected chi connectivity index (χ1v) is 7.96. The van der Waals surface area contributed by atoms with Crippen LogP contribution in [0.3, 0.4) is 0 Å². The van der Waals surface area contributed by atoms with E-state index in [-0.39, 0.29) is 11.4 Å². The van der Waals surface area contributed by atoms with Crippen LogP contribution < -0.4 is 4.74 Å². The Morgan fingerprint density at radius 1 is 1.10 bits per heavy atom. The highest BCUT2D eigenvalue weighted by Crippen LogP contribution is 2.29. The summed E-state index contributed by atoms with van der Waals surface area (Å²) in [7, 11) is 0. The molecule has 0 saturated carbocycles. The van der Waals surface area contributed by atoms with Gasteiger partial charge in [0.15, 0.2) is 5.82 Å². The Kier molecular flexibility index (Phi) is 8.82. The van der Waals surface area contributed by atoms with Crippen molar-refractivity contribution >= 4 is 18.3 Å². The number of halogens is 1. The quantitative estimate of drug-likeness (QED) is 0.277. The SMILES string of the molecule is O=[N+]([O-])c1cccc(F)c1OCCCCCCCCCS. The van der Waals surface area contributed by atoms with Crippen LogP contribution in [0.5, 0.6) is 5.75 Å². The molecule has 0 fully saturated rings. The molecule has 0 aliphatic rings. The molecule has 21 heavy (non-hydrogen) atoms. The highest BCUT2D eigenvalue weighted by molar-refractivity contribution is 7.80. The van der Waals surface area contributed by atoms with Crippen LogP contribution in [0.25, 0.3) is 0 Å². The number of para-hydroxylation sites is 1. The normalized spacial score (nSPS) is 10.6. The fourth-order valence-electron chi connectivity index (χ4n) is 2.06. The second-order valence-corrected chi connectivity index (χ2v) is 5.34. The van der Waals surface area contributed by atoms with Gasteiger partial charge < -0.3 is 4.74 Å². The van der Waals surface area contributed by atoms with Gasteiger partial charge in [-0.2, -0.15) is 12.6 Å². The van der Waals surface area contributed by atoms with Gasteiger partial charge in [-0.25, -0.2) is 4.39 Å². The van der Waals surface area contributed by atoms with Crippen molar-refractivity contribution in [1.29, 1.82) is 0 Å². The molecule has 0 aliphatic carbocycles. The van der Waals surface area contributed by atoms with E-state index < -0.39 is 10.7 Å². The van der Waals surface area contributed by atoms with E-state index in [4.69, 9.17) is 4.74 Å². The third-order valence-corrected chi connectivity index (χ3v) is 3.51. The monoisotopic (exact) mass is 315 g/mol. The van der Waals surface area contributed by atoms with Gasteiger partial charge in [0.05, 0.1) is 11.5 Å². The Morgan fingerprint density at radius 2 is 1.71 bits per heavy atom. The van der Waals surface area contributed by atoms with Crippen LogP contribution in [0.1, 0.15) is 44.9 Å². The third-order valence-electron chi connectivity index (χ3n) is 3.19. The molecule has 0 amide bonds. The second-order valence-electron chi connectivity index (χ2n) is 4.89. The van der Waals surface area contributed by atoms with Crippen LogP contribution in [0.4, 0.5) is 10.1 Å². The molecule has 0 heterocycles. The molecule has 0 unspecified atom stereocenters. The van der Waals surface area contributed by atoms with Crippen LogP contribution >= 0.6 is 12.6 Å². The first kappa shape index (κ1) is 17.8. The summed E-state index contributed by atoms with van der Waals surface area (Å²) >= 11 is 4.16. The lowest BCUT2D eigenvalue weighted by molar-refractivity contribution is -0.386. The predicted octanol–water partition coefficient (Wildman–Crippen LogP) is 4.77. The molecule has 0 radical (unpaired) electrons. The van der Waals surface area contributed by atoms with E-state index in [2.05, 4.69) is 12.6 Å². The third kappa shape index (κ3) is 6.80. The van der Waals surface area contributed by atoms with E-state index >= 15 is 0 Å². The van der Waals surface area contributed by atoms with Gasteiger partial charge in [0, 0.05) is 6.07 Å². The van der Waals surface area contributed by atoms with Gasteiger partial charge in [0.1, 0.15) is 0 Å². The maximum Gasteiger partial charge on any atom is 0.314 e. The fraction of sp³-hybridized carbons (Fsp3) is 0.600. The van der Waals surface area contributed by atoms with Crippen molar-refractivity contribution in [3.8, 4) is 5.75 Å². The molecule has 1 rings (SSSR count). The van der Waals surface area contributed by atoms with E-state index in [9.17, 15) is 14.5 Å². The summed E-state index contributed by atoms with van der Waals surface area (Å²) in [5.41, 5.74) is -0.318. The zero-order valence-electron chi connectivity index (χ0n) is 12.1. The number of nitrogens with zero attached hydrogens (tertiary/aromatic N) is 1. The number of hydrogen-bond acceptors (Lipinski definition) is 4. The van der Waals surface area contributed by atoms with Gasteiger partial charge in [-0.05, 0) is 24.7 Å². The van der Waals surface area contributed by atoms with Crippen LogP contribution in [-0.4, -0.2) is 17.3 Å². The Balaban J connectivity index is 2.23. The Morgan fingerprint density at radius 3 is 2.33 bits per heavy atom. The predicted molar refractivity (Wildman–Crippen MR) is 84.7 cm³/mol. The highest BCUT2D eigenvalue weighted by atomic mass is 32.1. The van der Waals surface area contributed by atoms with Crippen molar-refractivity contribution in [2.45, 2.75) is 44.9 Å². The van der Waals surface area contributed by atoms with Crippen LogP contribution in [0, 0.1) is 15.9 Å². The van der Waals surface area contributed by atoms with Crippen LogP contribution in [-0.2, 0) is 0 Å². The van der Waals surface area contributed by atoms with E-state index in [1.807, 2.05) is 0 Å². The van der Waals surface area contributed by atoms with Crippen molar-refractivity contribution in [3.63, 3.8) is 0 Å². The van der Waals surface area contributed by atoms with Crippen molar-refractivity contribution < 1.29 is 14.1 Å². The molecule has 118 valence electrons. The minimum Gasteiger partial charge on any atom is -0.485 e. The zero-order valence-corrected chi connectivity index (χ0v) is 13.0. The van der Waals surface area contributed by atoms with Gasteiger partial charge >= 0.3 is 5.69 Å². The number of rotatable bonds is 11. The molecule has 0 atom stereocenters. The second kappa shape index (κ2) is 10.4. The van der Waals surface area contributed by atoms with E-state index in [1.165, 1.54) is 37.5 Å². The van der Waals surface area contributed by atoms with Crippen LogP contribution in [0.2, 0.25) is 0 Å². The molecule has 0 aromatic heterocycles. The van der Waals surface area contributed by atoms with E-state index in [0.717, 1.165) is 31.4 Å². The van der Waals surface area contributed by atoms with E-state index in [0.29, 0.717) is 6.61 Å². The van der Waals surface area contributed by atoms with Crippen molar-refractivity contribution in [2.75, 3.05) is 12.4 Å². The minimum atomic E-state index is -0.684. The largest absolute Gasteiger partial charge is 0.485 e. The fourth-order valence-corrected chi connectivity index (χ4v) is 2.28. The first-order valence-electron chi connectivity index (χ1n) is 7.33. The summed E-state index contributed by atoms with van der Waals surface area (Å²) in [4.78, 5) is 10.2.